The van der Waals surface area contributed by atoms with Crippen molar-refractivity contribution in [3.8, 4) is 51.5 Å². The molecule has 0 saturated heterocycles. The third-order valence-electron chi connectivity index (χ3n) is 14.3. The molecule has 0 aliphatic carbocycles. The summed E-state index contributed by atoms with van der Waals surface area (Å²) in [5, 5.41) is 6.20. The van der Waals surface area contributed by atoms with E-state index in [4.69, 9.17) is 17.9 Å². The number of ether oxygens (including phenoxy) is 1. The zero-order valence-corrected chi connectivity index (χ0v) is 42.5. The van der Waals surface area contributed by atoms with Crippen LogP contribution >= 0.6 is 0 Å². The van der Waals surface area contributed by atoms with Gasteiger partial charge in [-0.05, 0) is 95.6 Å². The molecule has 0 atom stereocenters. The Morgan fingerprint density at radius 1 is 0.447 bits per heavy atom. The quantitative estimate of drug-likeness (QED) is 0.113. The molecule has 0 saturated carbocycles. The minimum absolute atomic E-state index is 0. The fourth-order valence-corrected chi connectivity index (χ4v) is 11.0. The number of fused-ring (bicyclic) bond motifs is 10. The van der Waals surface area contributed by atoms with Crippen LogP contribution in [0.15, 0.2) is 225 Å². The summed E-state index contributed by atoms with van der Waals surface area (Å²) in [6, 6.07) is 80.2. The van der Waals surface area contributed by atoms with E-state index in [0.29, 0.717) is 22.7 Å². The number of rotatable bonds is 8. The van der Waals surface area contributed by atoms with E-state index in [1.807, 2.05) is 94.1 Å². The fourth-order valence-electron chi connectivity index (χ4n) is 11.0. The van der Waals surface area contributed by atoms with Gasteiger partial charge in [-0.25, -0.2) is 9.97 Å². The maximum atomic E-state index is 8.37. The van der Waals surface area contributed by atoms with Gasteiger partial charge in [0.25, 0.3) is 6.33 Å². The van der Waals surface area contributed by atoms with Crippen LogP contribution in [0.1, 0.15) is 19.4 Å². The predicted octanol–water partition coefficient (Wildman–Crippen LogP) is 15.5. The van der Waals surface area contributed by atoms with Crippen LogP contribution in [0.2, 0.25) is 0 Å². The van der Waals surface area contributed by atoms with Gasteiger partial charge in [0.1, 0.15) is 17.5 Å². The minimum atomic E-state index is -2.73. The van der Waals surface area contributed by atoms with E-state index < -0.39 is 13.7 Å². The molecule has 0 aliphatic rings. The predicted molar refractivity (Wildman–Crippen MR) is 301 cm³/mol. The molecule has 0 fully saturated rings. The second kappa shape index (κ2) is 17.9. The van der Waals surface area contributed by atoms with Gasteiger partial charge in [-0.15, -0.1) is 29.7 Å². The van der Waals surface area contributed by atoms with E-state index in [1.54, 1.807) is 0 Å². The zero-order valence-electron chi connectivity index (χ0n) is 46.2. The van der Waals surface area contributed by atoms with E-state index in [2.05, 4.69) is 165 Å². The molecule has 6 heterocycles. The molecule has 0 unspecified atom stereocenters. The van der Waals surface area contributed by atoms with Crippen molar-refractivity contribution in [1.82, 2.24) is 28.2 Å². The van der Waals surface area contributed by atoms with Gasteiger partial charge in [-0.2, -0.15) is 18.2 Å². The van der Waals surface area contributed by atoms with E-state index >= 15 is 0 Å². The van der Waals surface area contributed by atoms with Gasteiger partial charge < -0.3 is 13.9 Å². The Morgan fingerprint density at radius 2 is 1.03 bits per heavy atom. The number of para-hydroxylation sites is 6. The van der Waals surface area contributed by atoms with Gasteiger partial charge >= 0.3 is 0 Å². The second-order valence-corrected chi connectivity index (χ2v) is 18.6. The first-order valence-corrected chi connectivity index (χ1v) is 24.7. The smallest absolute Gasteiger partial charge is 0.268 e. The molecular formula is C67H43N7OPt-2. The van der Waals surface area contributed by atoms with Gasteiger partial charge in [0, 0.05) is 74.0 Å². The molecular weight excluding hydrogens is 1110 g/mol. The number of pyridine rings is 2. The van der Waals surface area contributed by atoms with Crippen molar-refractivity contribution in [2.75, 3.05) is 0 Å². The summed E-state index contributed by atoms with van der Waals surface area (Å²) in [5.74, 6) is 2.48. The molecule has 364 valence electrons. The van der Waals surface area contributed by atoms with Gasteiger partial charge in [0.05, 0.1) is 38.8 Å². The van der Waals surface area contributed by atoms with E-state index in [-0.39, 0.29) is 38.0 Å². The van der Waals surface area contributed by atoms with Gasteiger partial charge in [0.2, 0.25) is 0 Å². The summed E-state index contributed by atoms with van der Waals surface area (Å²) in [6.45, 7) is -5.43. The summed E-state index contributed by atoms with van der Waals surface area (Å²) in [5.41, 5.74) is 10.1. The van der Waals surface area contributed by atoms with Crippen LogP contribution in [-0.2, 0) is 21.1 Å². The molecule has 0 amide bonds. The Kier molecular flexibility index (Phi) is 9.24. The average Bonchev–Trinajstić information content (AvgIpc) is 4.34. The first-order chi connectivity index (χ1) is 39.4. The largest absolute Gasteiger partial charge is 0.510 e. The van der Waals surface area contributed by atoms with Crippen molar-refractivity contribution in [1.29, 1.82) is 0 Å². The maximum Gasteiger partial charge on any atom is 0.268 e. The summed E-state index contributed by atoms with van der Waals surface area (Å²) in [4.78, 5) is 10.2. The molecule has 9 aromatic carbocycles. The molecule has 0 aliphatic heterocycles. The normalized spacial score (nSPS) is 13.2. The van der Waals surface area contributed by atoms with Gasteiger partial charge in [-0.3, -0.25) is 13.7 Å². The summed E-state index contributed by atoms with van der Waals surface area (Å²) < 4.78 is 66.6. The van der Waals surface area contributed by atoms with Crippen molar-refractivity contribution < 1.29 is 38.6 Å². The van der Waals surface area contributed by atoms with Crippen molar-refractivity contribution >= 4 is 76.5 Å². The number of nitrogens with zero attached hydrogens (tertiary/aromatic N) is 7. The Hall–Kier alpha value is -9.36. The minimum Gasteiger partial charge on any atom is -0.510 e. The Morgan fingerprint density at radius 3 is 1.67 bits per heavy atom. The first kappa shape index (κ1) is 39.1. The molecule has 0 bridgehead atoms. The molecule has 0 radical (unpaired) electrons. The number of imidazole rings is 1. The van der Waals surface area contributed by atoms with Crippen molar-refractivity contribution in [2.24, 2.45) is 0 Å². The van der Waals surface area contributed by atoms with E-state index in [0.717, 1.165) is 106 Å². The molecule has 15 aromatic rings. The van der Waals surface area contributed by atoms with E-state index in [1.165, 1.54) is 6.07 Å². The SMILES string of the molecule is [2H]C([2H])([2H])c1cnc(-n2c3[c-]c(Oc4[c-]c(-n5[c-][n+](-c6cc(-n7c8ccccc8c8ccccc87)nc(-n7c8ccccc8c8ccccc87)c6)c6ccccc65)ccc4)ccc3c3cc(-c4ccccc4)ccc32)cc1C([2H])([2H])[2H].[Pt]. The number of aromatic nitrogens is 7. The molecule has 15 rings (SSSR count). The summed E-state index contributed by atoms with van der Waals surface area (Å²) in [7, 11) is 0. The van der Waals surface area contributed by atoms with Crippen molar-refractivity contribution in [3.63, 3.8) is 0 Å². The number of aryl methyl sites for hydroxylation is 2. The van der Waals surface area contributed by atoms with Gasteiger partial charge in [-0.1, -0.05) is 145 Å². The van der Waals surface area contributed by atoms with Gasteiger partial charge in [0.15, 0.2) is 0 Å². The van der Waals surface area contributed by atoms with Crippen LogP contribution < -0.4 is 9.30 Å². The number of hydrogen-bond acceptors (Lipinski definition) is 3. The Labute approximate surface area is 460 Å². The monoisotopic (exact) mass is 1160 g/mol. The molecule has 9 heteroatoms. The fraction of sp³-hybridized carbons (Fsp3) is 0.0299. The molecule has 0 N–H and O–H groups in total. The molecule has 76 heavy (non-hydrogen) atoms. The third-order valence-corrected chi connectivity index (χ3v) is 14.3. The van der Waals surface area contributed by atoms with Crippen LogP contribution in [-0.4, -0.2) is 28.2 Å². The van der Waals surface area contributed by atoms with Crippen LogP contribution in [0.3, 0.4) is 0 Å². The zero-order chi connectivity index (χ0) is 54.7. The number of hydrogen-bond donors (Lipinski definition) is 0. The third kappa shape index (κ3) is 7.20. The molecule has 0 spiro atoms. The van der Waals surface area contributed by atoms with Crippen LogP contribution in [0.4, 0.5) is 0 Å². The standard InChI is InChI=1S/C67H43N7O.Pt/c1-43-35-65(68-41-44(43)2)74-61-34-31-46(45-17-4-3-5-18-45)36-56(61)55-33-32-50(40-64(55)74)75-49-20-16-19-47(37-49)70-42-71(63-30-15-14-29-62(63)70)48-38-66(72-57-25-10-6-21-51(57)52-22-7-11-26-58(52)72)69-67(39-48)73-59-27-12-8-23-53(59)54-24-9-13-28-60(54)73;/h3-36,38-39,41H,1-2H3;/q-2;/i1D3,2D3;. The Bertz CT molecular complexity index is 4800. The van der Waals surface area contributed by atoms with Crippen molar-refractivity contribution in [2.45, 2.75) is 13.7 Å². The molecule has 6 aromatic heterocycles. The summed E-state index contributed by atoms with van der Waals surface area (Å²) >= 11 is 0. The second-order valence-electron chi connectivity index (χ2n) is 18.6. The average molecular weight is 1160 g/mol. The van der Waals surface area contributed by atoms with E-state index in [9.17, 15) is 0 Å². The number of benzene rings is 9. The Balaban J connectivity index is 0.00000602. The van der Waals surface area contributed by atoms with Crippen LogP contribution in [0.5, 0.6) is 11.5 Å². The first-order valence-electron chi connectivity index (χ1n) is 27.7. The summed E-state index contributed by atoms with van der Waals surface area (Å²) in [6.07, 6.45) is 4.87. The maximum absolute atomic E-state index is 8.37. The van der Waals surface area contributed by atoms with Crippen molar-refractivity contribution in [3.05, 3.63) is 254 Å². The molecule has 8 nitrogen and oxygen atoms in total. The van der Waals surface area contributed by atoms with Crippen LogP contribution in [0, 0.1) is 32.2 Å². The topological polar surface area (TPSA) is 58.6 Å². The van der Waals surface area contributed by atoms with Crippen LogP contribution in [0.25, 0.3) is 116 Å².